The molecule has 2 rings (SSSR count). The second-order valence-corrected chi connectivity index (χ2v) is 15.9. The molecule has 1 saturated heterocycles. The molecule has 54 heavy (non-hydrogen) atoms. The fourth-order valence-corrected chi connectivity index (χ4v) is 7.63. The van der Waals surface area contributed by atoms with Crippen molar-refractivity contribution in [2.45, 2.75) is 123 Å². The molecule has 0 radical (unpaired) electrons. The van der Waals surface area contributed by atoms with E-state index in [4.69, 9.17) is 14.2 Å². The molecule has 1 aliphatic heterocycles. The van der Waals surface area contributed by atoms with Crippen LogP contribution in [0.1, 0.15) is 92.6 Å². The molecule has 11 nitrogen and oxygen atoms in total. The zero-order valence-electron chi connectivity index (χ0n) is 34.9. The normalized spacial score (nSPS) is 18.6. The summed E-state index contributed by atoms with van der Waals surface area (Å²) in [5.74, 6) is -2.81. The zero-order valence-corrected chi connectivity index (χ0v) is 34.9. The van der Waals surface area contributed by atoms with E-state index in [-0.39, 0.29) is 67.1 Å². The van der Waals surface area contributed by atoms with Gasteiger partial charge in [-0.1, -0.05) is 84.0 Å². The number of carbonyl (C=O) groups excluding carboxylic acids is 5. The summed E-state index contributed by atoms with van der Waals surface area (Å²) in [5, 5.41) is 3.05. The lowest BCUT2D eigenvalue weighted by Crippen LogP contribution is -2.54. The number of hydrogen-bond donors (Lipinski definition) is 1. The van der Waals surface area contributed by atoms with Crippen molar-refractivity contribution in [2.75, 3.05) is 41.5 Å². The number of Topliss-reactive ketones (excluding diaryl/α,β-unsaturated/α-hetero) is 2. The van der Waals surface area contributed by atoms with Gasteiger partial charge in [0.2, 0.25) is 11.8 Å². The minimum absolute atomic E-state index is 0.00490. The number of ether oxygens (including phenoxy) is 3. The number of hydrogen-bond acceptors (Lipinski definition) is 9. The highest BCUT2D eigenvalue weighted by Gasteiger charge is 2.43. The lowest BCUT2D eigenvalue weighted by atomic mass is 9.83. The van der Waals surface area contributed by atoms with Gasteiger partial charge in [-0.2, -0.15) is 0 Å². The van der Waals surface area contributed by atoms with Crippen molar-refractivity contribution in [3.05, 3.63) is 48.6 Å². The Balaban J connectivity index is 2.29. The number of likely N-dealkylation sites (tertiary alicyclic amines) is 1. The summed E-state index contributed by atoms with van der Waals surface area (Å²) in [6.45, 7) is 17.6. The van der Waals surface area contributed by atoms with Gasteiger partial charge in [-0.3, -0.25) is 24.0 Å². The second kappa shape index (κ2) is 22.2. The maximum atomic E-state index is 14.2. The van der Waals surface area contributed by atoms with Crippen LogP contribution < -0.4 is 5.32 Å². The molecule has 304 valence electrons. The largest absolute Gasteiger partial charge is 0.461 e. The number of benzene rings is 1. The van der Waals surface area contributed by atoms with Gasteiger partial charge in [-0.25, -0.2) is 0 Å². The van der Waals surface area contributed by atoms with Crippen molar-refractivity contribution >= 4 is 29.4 Å². The first-order chi connectivity index (χ1) is 25.5. The number of methoxy groups -OCH3 is 2. The molecule has 1 aliphatic rings. The van der Waals surface area contributed by atoms with Gasteiger partial charge in [0.15, 0.2) is 5.78 Å². The fraction of sp³-hybridized carbons (Fsp3) is 0.698. The third kappa shape index (κ3) is 12.6. The van der Waals surface area contributed by atoms with Crippen LogP contribution in [-0.2, 0) is 44.6 Å². The summed E-state index contributed by atoms with van der Waals surface area (Å²) in [7, 11) is 6.61. The monoisotopic (exact) mass is 756 g/mol. The predicted octanol–water partition coefficient (Wildman–Crippen LogP) is 5.68. The third-order valence-electron chi connectivity index (χ3n) is 11.7. The second-order valence-electron chi connectivity index (χ2n) is 15.9. The van der Waals surface area contributed by atoms with Gasteiger partial charge in [-0.15, -0.1) is 0 Å². The topological polar surface area (TPSA) is 132 Å². The molecule has 0 aliphatic carbocycles. The molecular formula is C43H69N3O8. The molecule has 0 aromatic heterocycles. The van der Waals surface area contributed by atoms with Crippen LogP contribution in [-0.4, -0.2) is 110 Å². The van der Waals surface area contributed by atoms with Crippen LogP contribution in [0.4, 0.5) is 0 Å². The maximum absolute atomic E-state index is 14.2. The zero-order chi connectivity index (χ0) is 40.7. The molecule has 1 aromatic carbocycles. The first kappa shape index (κ1) is 46.7. The Morgan fingerprint density at radius 3 is 2.20 bits per heavy atom. The van der Waals surface area contributed by atoms with Gasteiger partial charge in [-0.05, 0) is 57.6 Å². The third-order valence-corrected chi connectivity index (χ3v) is 11.7. The Hall–Kier alpha value is -3.41. The van der Waals surface area contributed by atoms with Gasteiger partial charge in [0, 0.05) is 52.5 Å². The molecule has 1 N–H and O–H groups in total. The van der Waals surface area contributed by atoms with Gasteiger partial charge in [0.25, 0.3) is 0 Å². The number of nitrogens with zero attached hydrogens (tertiary/aromatic N) is 2. The summed E-state index contributed by atoms with van der Waals surface area (Å²) in [6, 6.07) is 8.75. The number of amides is 2. The van der Waals surface area contributed by atoms with E-state index < -0.39 is 47.5 Å². The van der Waals surface area contributed by atoms with Crippen LogP contribution in [0.3, 0.4) is 0 Å². The van der Waals surface area contributed by atoms with Gasteiger partial charge < -0.3 is 29.3 Å². The highest BCUT2D eigenvalue weighted by atomic mass is 16.5. The highest BCUT2D eigenvalue weighted by molar-refractivity contribution is 5.92. The minimum atomic E-state index is -0.765. The van der Waals surface area contributed by atoms with E-state index in [1.807, 2.05) is 65.0 Å². The van der Waals surface area contributed by atoms with Crippen molar-refractivity contribution in [1.29, 1.82) is 0 Å². The number of esters is 1. The Morgan fingerprint density at radius 1 is 1.02 bits per heavy atom. The lowest BCUT2D eigenvalue weighted by molar-refractivity contribution is -0.150. The summed E-state index contributed by atoms with van der Waals surface area (Å²) < 4.78 is 17.4. The van der Waals surface area contributed by atoms with Gasteiger partial charge >= 0.3 is 5.97 Å². The van der Waals surface area contributed by atoms with E-state index in [0.29, 0.717) is 19.4 Å². The minimum Gasteiger partial charge on any atom is -0.461 e. The summed E-state index contributed by atoms with van der Waals surface area (Å²) in [4.78, 5) is 72.0. The average molecular weight is 756 g/mol. The molecule has 0 unspecified atom stereocenters. The van der Waals surface area contributed by atoms with Crippen LogP contribution in [0.25, 0.3) is 0 Å². The van der Waals surface area contributed by atoms with Crippen molar-refractivity contribution in [3.8, 4) is 0 Å². The number of ketones is 2. The average Bonchev–Trinajstić information content (AvgIpc) is 3.64. The molecular weight excluding hydrogens is 686 g/mol. The maximum Gasteiger partial charge on any atom is 0.310 e. The Morgan fingerprint density at radius 2 is 1.67 bits per heavy atom. The molecule has 0 spiro atoms. The molecule has 2 amide bonds. The van der Waals surface area contributed by atoms with E-state index >= 15 is 0 Å². The van der Waals surface area contributed by atoms with E-state index in [9.17, 15) is 24.0 Å². The smallest absolute Gasteiger partial charge is 0.310 e. The van der Waals surface area contributed by atoms with Crippen LogP contribution in [0, 0.1) is 29.6 Å². The number of carbonyl (C=O) groups is 5. The Kier molecular flexibility index (Phi) is 19.2. The lowest BCUT2D eigenvalue weighted by Gasteiger charge is -2.41. The van der Waals surface area contributed by atoms with Gasteiger partial charge in [0.05, 0.1) is 42.2 Å². The first-order valence-electron chi connectivity index (χ1n) is 19.7. The number of likely N-dealkylation sites (N-methyl/N-ethyl adjacent to an activating group) is 2. The van der Waals surface area contributed by atoms with E-state index in [2.05, 4.69) is 18.8 Å². The highest BCUT2D eigenvalue weighted by Crippen LogP contribution is 2.32. The quantitative estimate of drug-likeness (QED) is 0.105. The number of nitrogens with one attached hydrogen (secondary N) is 1. The van der Waals surface area contributed by atoms with Crippen molar-refractivity contribution in [2.24, 2.45) is 29.6 Å². The van der Waals surface area contributed by atoms with Crippen LogP contribution in [0.15, 0.2) is 43.0 Å². The summed E-state index contributed by atoms with van der Waals surface area (Å²) in [6.07, 6.45) is 2.93. The Labute approximate surface area is 324 Å². The van der Waals surface area contributed by atoms with Crippen molar-refractivity contribution in [3.63, 3.8) is 0 Å². The van der Waals surface area contributed by atoms with E-state index in [1.165, 1.54) is 6.08 Å². The molecule has 1 fully saturated rings. The molecule has 8 atom stereocenters. The molecule has 0 bridgehead atoms. The Bertz CT molecular complexity index is 1380. The molecule has 11 heteroatoms. The standard InChI is InChI=1S/C43H69N3O8/c1-13-23-54-42(51)32(24-31-19-16-15-17-20-31)25-35(47)30(6)40(53-12)34-21-18-22-46(34)38(49)27-36(52-11)39(29(5)14-2)45(10)41(50)33(28(3)4)26-37(48)43(7,8)44-9/h13,15-17,19-20,28-30,32-34,36,39-40,44H,1,14,18,21-27H2,2-12H3/t29-,30-,32+,33-,34-,36+,39-,40+/m0/s1. The number of rotatable bonds is 24. The van der Waals surface area contributed by atoms with Gasteiger partial charge in [0.1, 0.15) is 12.4 Å². The van der Waals surface area contributed by atoms with E-state index in [0.717, 1.165) is 18.4 Å². The van der Waals surface area contributed by atoms with Crippen LogP contribution >= 0.6 is 0 Å². The van der Waals surface area contributed by atoms with Crippen molar-refractivity contribution in [1.82, 2.24) is 15.1 Å². The van der Waals surface area contributed by atoms with E-state index in [1.54, 1.807) is 45.0 Å². The fourth-order valence-electron chi connectivity index (χ4n) is 7.63. The summed E-state index contributed by atoms with van der Waals surface area (Å²) in [5.41, 5.74) is 0.162. The first-order valence-corrected chi connectivity index (χ1v) is 19.7. The molecule has 1 aromatic rings. The van der Waals surface area contributed by atoms with Crippen molar-refractivity contribution < 1.29 is 38.2 Å². The SMILES string of the molecule is C=CCOC(=O)[C@@H](CC(=O)[C@H](C)[C@@H](OC)[C@@H]1CCCN1C(=O)C[C@@H](OC)[C@H]([C@@H](C)CC)N(C)C(=O)[C@@H](CC(=O)C(C)(C)NC)C(C)C)Cc1ccccc1. The van der Waals surface area contributed by atoms with Crippen LogP contribution in [0.5, 0.6) is 0 Å². The molecule has 1 heterocycles. The van der Waals surface area contributed by atoms with Crippen LogP contribution in [0.2, 0.25) is 0 Å². The summed E-state index contributed by atoms with van der Waals surface area (Å²) >= 11 is 0. The molecule has 0 saturated carbocycles. The predicted molar refractivity (Wildman–Crippen MR) is 212 cm³/mol.